The van der Waals surface area contributed by atoms with Gasteiger partial charge in [-0.3, -0.25) is 4.79 Å². The van der Waals surface area contributed by atoms with Gasteiger partial charge in [0, 0.05) is 0 Å². The van der Waals surface area contributed by atoms with Crippen LogP contribution < -0.4 is 10.1 Å². The second-order valence-electron chi connectivity index (χ2n) is 5.64. The normalized spacial score (nSPS) is 13.1. The van der Waals surface area contributed by atoms with Crippen molar-refractivity contribution >= 4 is 5.91 Å². The first-order valence-electron chi connectivity index (χ1n) is 6.65. The van der Waals surface area contributed by atoms with Crippen LogP contribution in [-0.4, -0.2) is 24.7 Å². The summed E-state index contributed by atoms with van der Waals surface area (Å²) in [7, 11) is 0. The molecule has 0 saturated heterocycles. The van der Waals surface area contributed by atoms with Crippen molar-refractivity contribution in [3.8, 4) is 5.75 Å². The molecule has 1 unspecified atom stereocenters. The Kier molecular flexibility index (Phi) is 6.08. The molecule has 6 heteroatoms. The van der Waals surface area contributed by atoms with Crippen LogP contribution in [0.1, 0.15) is 39.3 Å². The van der Waals surface area contributed by atoms with Gasteiger partial charge in [-0.2, -0.15) is 8.78 Å². The van der Waals surface area contributed by atoms with Gasteiger partial charge in [0.15, 0.2) is 0 Å². The number of benzene rings is 1. The lowest BCUT2D eigenvalue weighted by Crippen LogP contribution is -2.33. The predicted molar refractivity (Wildman–Crippen MR) is 75.3 cm³/mol. The Balaban J connectivity index is 2.58. The van der Waals surface area contributed by atoms with E-state index in [0.29, 0.717) is 5.56 Å². The fraction of sp³-hybridized carbons (Fsp3) is 0.533. The van der Waals surface area contributed by atoms with Crippen molar-refractivity contribution in [3.05, 3.63) is 29.8 Å². The van der Waals surface area contributed by atoms with Gasteiger partial charge >= 0.3 is 6.61 Å². The number of hydrogen-bond donors (Lipinski definition) is 1. The molecule has 0 saturated carbocycles. The molecular formula is C15H21F2NO3. The summed E-state index contributed by atoms with van der Waals surface area (Å²) < 4.78 is 34.0. The zero-order chi connectivity index (χ0) is 16.0. The standard InChI is InChI=1S/C15H21F2NO3/c1-10(18-13(19)9-20-15(2,3)4)11-6-5-7-12(8-11)21-14(16)17/h5-8,10,14H,9H2,1-4H3,(H,18,19). The average molecular weight is 301 g/mol. The van der Waals surface area contributed by atoms with Crippen LogP contribution in [0.4, 0.5) is 8.78 Å². The fourth-order valence-electron chi connectivity index (χ4n) is 1.61. The number of alkyl halides is 2. The van der Waals surface area contributed by atoms with Gasteiger partial charge in [0.25, 0.3) is 0 Å². The zero-order valence-corrected chi connectivity index (χ0v) is 12.7. The van der Waals surface area contributed by atoms with E-state index in [2.05, 4.69) is 10.1 Å². The van der Waals surface area contributed by atoms with Gasteiger partial charge in [-0.1, -0.05) is 12.1 Å². The van der Waals surface area contributed by atoms with Crippen molar-refractivity contribution < 1.29 is 23.0 Å². The molecule has 1 amide bonds. The van der Waals surface area contributed by atoms with E-state index in [9.17, 15) is 13.6 Å². The zero-order valence-electron chi connectivity index (χ0n) is 12.7. The highest BCUT2D eigenvalue weighted by Gasteiger charge is 2.15. The lowest BCUT2D eigenvalue weighted by Gasteiger charge is -2.20. The van der Waals surface area contributed by atoms with Gasteiger partial charge in [-0.05, 0) is 45.4 Å². The van der Waals surface area contributed by atoms with Crippen LogP contribution in [0.15, 0.2) is 24.3 Å². The SMILES string of the molecule is CC(NC(=O)COC(C)(C)C)c1cccc(OC(F)F)c1. The molecule has 0 aliphatic heterocycles. The first kappa shape index (κ1) is 17.4. The summed E-state index contributed by atoms with van der Waals surface area (Å²) in [5.74, 6) is -0.202. The van der Waals surface area contributed by atoms with Gasteiger partial charge in [-0.15, -0.1) is 0 Å². The molecule has 0 fully saturated rings. The van der Waals surface area contributed by atoms with Gasteiger partial charge in [-0.25, -0.2) is 0 Å². The van der Waals surface area contributed by atoms with Gasteiger partial charge in [0.1, 0.15) is 12.4 Å². The summed E-state index contributed by atoms with van der Waals surface area (Å²) in [5, 5.41) is 2.74. The van der Waals surface area contributed by atoms with Crippen molar-refractivity contribution in [2.45, 2.75) is 45.9 Å². The van der Waals surface area contributed by atoms with E-state index in [0.717, 1.165) is 0 Å². The molecule has 0 heterocycles. The molecule has 0 bridgehead atoms. The summed E-state index contributed by atoms with van der Waals surface area (Å²) >= 11 is 0. The molecule has 0 aliphatic rings. The number of carbonyl (C=O) groups is 1. The fourth-order valence-corrected chi connectivity index (χ4v) is 1.61. The van der Waals surface area contributed by atoms with Crippen LogP contribution in [0.3, 0.4) is 0 Å². The van der Waals surface area contributed by atoms with Gasteiger partial charge < -0.3 is 14.8 Å². The van der Waals surface area contributed by atoms with Crippen LogP contribution in [-0.2, 0) is 9.53 Å². The molecule has 1 aromatic carbocycles. The topological polar surface area (TPSA) is 47.6 Å². The molecule has 1 atom stereocenters. The van der Waals surface area contributed by atoms with Crippen molar-refractivity contribution in [2.75, 3.05) is 6.61 Å². The summed E-state index contributed by atoms with van der Waals surface area (Å²) in [6.45, 7) is 4.40. The lowest BCUT2D eigenvalue weighted by atomic mass is 10.1. The minimum absolute atomic E-state index is 0.0545. The summed E-state index contributed by atoms with van der Waals surface area (Å²) in [5.41, 5.74) is 0.281. The van der Waals surface area contributed by atoms with E-state index in [1.165, 1.54) is 12.1 Å². The van der Waals surface area contributed by atoms with E-state index in [1.807, 2.05) is 20.8 Å². The minimum atomic E-state index is -2.87. The highest BCUT2D eigenvalue weighted by atomic mass is 19.3. The average Bonchev–Trinajstić information content (AvgIpc) is 2.35. The number of amides is 1. The third-order valence-corrected chi connectivity index (χ3v) is 2.60. The molecule has 21 heavy (non-hydrogen) atoms. The Morgan fingerprint density at radius 3 is 2.57 bits per heavy atom. The Morgan fingerprint density at radius 1 is 1.33 bits per heavy atom. The monoisotopic (exact) mass is 301 g/mol. The van der Waals surface area contributed by atoms with Crippen molar-refractivity contribution in [1.29, 1.82) is 0 Å². The van der Waals surface area contributed by atoms with Crippen LogP contribution in [0.2, 0.25) is 0 Å². The molecule has 0 spiro atoms. The highest BCUT2D eigenvalue weighted by molar-refractivity contribution is 5.77. The van der Waals surface area contributed by atoms with Crippen LogP contribution in [0.5, 0.6) is 5.75 Å². The third-order valence-electron chi connectivity index (χ3n) is 2.60. The maximum atomic E-state index is 12.2. The van der Waals surface area contributed by atoms with E-state index >= 15 is 0 Å². The second kappa shape index (κ2) is 7.36. The first-order valence-corrected chi connectivity index (χ1v) is 6.65. The van der Waals surface area contributed by atoms with Crippen molar-refractivity contribution in [2.24, 2.45) is 0 Å². The number of nitrogens with one attached hydrogen (secondary N) is 1. The van der Waals surface area contributed by atoms with Crippen molar-refractivity contribution in [1.82, 2.24) is 5.32 Å². The molecule has 1 aromatic rings. The quantitative estimate of drug-likeness (QED) is 0.877. The Morgan fingerprint density at radius 2 is 2.00 bits per heavy atom. The number of hydrogen-bond acceptors (Lipinski definition) is 3. The molecule has 0 aromatic heterocycles. The molecule has 1 N–H and O–H groups in total. The predicted octanol–water partition coefficient (Wildman–Crippen LogP) is 3.28. The van der Waals surface area contributed by atoms with Crippen LogP contribution in [0.25, 0.3) is 0 Å². The molecule has 1 rings (SSSR count). The minimum Gasteiger partial charge on any atom is -0.435 e. The summed E-state index contributed by atoms with van der Waals surface area (Å²) in [6.07, 6.45) is 0. The Labute approximate surface area is 123 Å². The number of ether oxygens (including phenoxy) is 2. The third kappa shape index (κ3) is 7.04. The molecule has 0 aliphatic carbocycles. The van der Waals surface area contributed by atoms with Gasteiger partial charge in [0.2, 0.25) is 5.91 Å². The molecule has 0 radical (unpaired) electrons. The lowest BCUT2D eigenvalue weighted by molar-refractivity contribution is -0.131. The Hall–Kier alpha value is -1.69. The molecule has 4 nitrogen and oxygen atoms in total. The molecule has 118 valence electrons. The maximum Gasteiger partial charge on any atom is 0.387 e. The molecular weight excluding hydrogens is 280 g/mol. The van der Waals surface area contributed by atoms with E-state index < -0.39 is 12.2 Å². The largest absolute Gasteiger partial charge is 0.435 e. The van der Waals surface area contributed by atoms with Crippen LogP contribution >= 0.6 is 0 Å². The van der Waals surface area contributed by atoms with Crippen LogP contribution in [0, 0.1) is 0 Å². The van der Waals surface area contributed by atoms with Gasteiger partial charge in [0.05, 0.1) is 11.6 Å². The highest BCUT2D eigenvalue weighted by Crippen LogP contribution is 2.20. The van der Waals surface area contributed by atoms with E-state index in [1.54, 1.807) is 19.1 Å². The number of halogens is 2. The van der Waals surface area contributed by atoms with Crippen molar-refractivity contribution in [3.63, 3.8) is 0 Å². The maximum absolute atomic E-state index is 12.2. The number of rotatable bonds is 6. The second-order valence-corrected chi connectivity index (χ2v) is 5.64. The summed E-state index contributed by atoms with van der Waals surface area (Å²) in [6, 6.07) is 5.91. The van der Waals surface area contributed by atoms with E-state index in [-0.39, 0.29) is 24.3 Å². The summed E-state index contributed by atoms with van der Waals surface area (Å²) in [4.78, 5) is 11.7. The number of carbonyl (C=O) groups excluding carboxylic acids is 1. The first-order chi connectivity index (χ1) is 9.67. The smallest absolute Gasteiger partial charge is 0.387 e. The van der Waals surface area contributed by atoms with E-state index in [4.69, 9.17) is 4.74 Å². The Bertz CT molecular complexity index is 472.